The normalized spacial score (nSPS) is 6.95. The van der Waals surface area contributed by atoms with Crippen molar-refractivity contribution >= 4 is 87.5 Å². The monoisotopic (exact) mass is 479 g/mol. The molecule has 6 N–H and O–H groups in total. The van der Waals surface area contributed by atoms with Crippen molar-refractivity contribution in [2.24, 2.45) is 17.2 Å². The molecule has 1 rings (SSSR count). The number of hydrogen-bond acceptors (Lipinski definition) is 6. The molecule has 0 fully saturated rings. The number of hydrogen-bond donors (Lipinski definition) is 3. The van der Waals surface area contributed by atoms with Crippen LogP contribution in [0.15, 0.2) is 18.2 Å². The maximum atomic E-state index is 4.66. The molecule has 0 radical (unpaired) electrons. The molecule has 0 aliphatic rings. The average molecular weight is 478 g/mol. The van der Waals surface area contributed by atoms with Crippen molar-refractivity contribution in [3.63, 3.8) is 0 Å². The van der Waals surface area contributed by atoms with Gasteiger partial charge in [0.2, 0.25) is 0 Å². The van der Waals surface area contributed by atoms with Crippen LogP contribution >= 0.6 is 36.7 Å². The fourth-order valence-corrected chi connectivity index (χ4v) is 0.604. The SMILES string of the molecule is Cc1[c-]cccc1C.NC(=S)[S-].NC(=S)[S-].NC(=S)[S-].[Mo+4]. The van der Waals surface area contributed by atoms with Gasteiger partial charge in [-0.05, 0) is 0 Å². The summed E-state index contributed by atoms with van der Waals surface area (Å²) in [5.41, 5.74) is 16.5. The van der Waals surface area contributed by atoms with Crippen molar-refractivity contribution in [1.82, 2.24) is 0 Å². The standard InChI is InChI=1S/C8H9.3CH3NS2.Mo/c1-7-5-3-4-6-8(7)2;3*2-1(3)4;/h3-5H,1-2H3;3*(H3,2,3,4);/q-1;;;;+4/p-3. The first kappa shape index (κ1) is 29.3. The summed E-state index contributed by atoms with van der Waals surface area (Å²) >= 11 is 24.8. The molecular formula is C11H15MoN3S6. The van der Waals surface area contributed by atoms with Gasteiger partial charge in [0.05, 0.1) is 0 Å². The van der Waals surface area contributed by atoms with Gasteiger partial charge in [-0.25, -0.2) is 0 Å². The summed E-state index contributed by atoms with van der Waals surface area (Å²) in [5, 5.41) is 0. The Kier molecular flexibility index (Phi) is 28.2. The van der Waals surface area contributed by atoms with Crippen molar-refractivity contribution in [1.29, 1.82) is 0 Å². The van der Waals surface area contributed by atoms with Gasteiger partial charge in [0.25, 0.3) is 0 Å². The van der Waals surface area contributed by atoms with Crippen molar-refractivity contribution in [3.8, 4) is 0 Å². The summed E-state index contributed by atoms with van der Waals surface area (Å²) in [7, 11) is 0. The van der Waals surface area contributed by atoms with Crippen LogP contribution in [0.4, 0.5) is 0 Å². The van der Waals surface area contributed by atoms with Crippen LogP contribution in [-0.2, 0) is 59.0 Å². The Bertz CT molecular complexity index is 367. The van der Waals surface area contributed by atoms with Gasteiger partial charge in [0.1, 0.15) is 0 Å². The molecule has 0 aliphatic carbocycles. The molecule has 0 aliphatic heterocycles. The zero-order valence-electron chi connectivity index (χ0n) is 11.3. The van der Waals surface area contributed by atoms with Crippen LogP contribution in [0.2, 0.25) is 0 Å². The molecule has 0 heterocycles. The third kappa shape index (κ3) is 53.3. The molecule has 0 spiro atoms. The van der Waals surface area contributed by atoms with Crippen LogP contribution in [0.3, 0.4) is 0 Å². The fraction of sp³-hybridized carbons (Fsp3) is 0.182. The Morgan fingerprint density at radius 2 is 1.24 bits per heavy atom. The van der Waals surface area contributed by atoms with E-state index in [0.717, 1.165) is 0 Å². The largest absolute Gasteiger partial charge is 4.00 e. The van der Waals surface area contributed by atoms with E-state index in [2.05, 4.69) is 118 Å². The molecule has 1 aromatic rings. The summed E-state index contributed by atoms with van der Waals surface area (Å²) in [6.45, 7) is 4.15. The van der Waals surface area contributed by atoms with Crippen molar-refractivity contribution in [2.45, 2.75) is 13.8 Å². The molecular weight excluding hydrogens is 462 g/mol. The first-order chi connectivity index (χ1) is 9.00. The fourth-order valence-electron chi connectivity index (χ4n) is 0.604. The number of aryl methyl sites for hydroxylation is 2. The Balaban J connectivity index is -0.0000000973. The topological polar surface area (TPSA) is 78.1 Å². The predicted molar refractivity (Wildman–Crippen MR) is 107 cm³/mol. The molecule has 1 aromatic carbocycles. The van der Waals surface area contributed by atoms with Gasteiger partial charge in [0, 0.05) is 0 Å². The smallest absolute Gasteiger partial charge is 0.415 e. The summed E-state index contributed by atoms with van der Waals surface area (Å²) in [6.07, 6.45) is 0. The quantitative estimate of drug-likeness (QED) is 0.223. The van der Waals surface area contributed by atoms with Crippen molar-refractivity contribution in [3.05, 3.63) is 35.4 Å². The predicted octanol–water partition coefficient (Wildman–Crippen LogP) is 1.43. The van der Waals surface area contributed by atoms with Crippen LogP contribution in [0.1, 0.15) is 11.1 Å². The molecule has 3 nitrogen and oxygen atoms in total. The van der Waals surface area contributed by atoms with Crippen LogP contribution < -0.4 is 17.2 Å². The molecule has 0 bridgehead atoms. The molecule has 10 heteroatoms. The van der Waals surface area contributed by atoms with Gasteiger partial charge in [-0.15, -0.1) is 0 Å². The maximum Gasteiger partial charge on any atom is 4.00 e. The number of nitrogens with two attached hydrogens (primary N) is 3. The Morgan fingerprint density at radius 3 is 1.38 bits per heavy atom. The van der Waals surface area contributed by atoms with E-state index in [1.165, 1.54) is 11.1 Å². The first-order valence-electron chi connectivity index (χ1n) is 4.83. The second-order valence-corrected chi connectivity index (χ2v) is 6.35. The zero-order chi connectivity index (χ0) is 16.7. The minimum Gasteiger partial charge on any atom is -0.415 e. The van der Waals surface area contributed by atoms with Gasteiger partial charge in [-0.2, -0.15) is 35.4 Å². The van der Waals surface area contributed by atoms with E-state index in [1.54, 1.807) is 0 Å². The van der Waals surface area contributed by atoms with E-state index in [-0.39, 0.29) is 34.0 Å². The number of thiocarbonyl (C=S) groups is 3. The van der Waals surface area contributed by atoms with E-state index < -0.39 is 0 Å². The molecule has 0 amide bonds. The molecule has 0 saturated heterocycles. The summed E-state index contributed by atoms with van der Waals surface area (Å²) < 4.78 is 0.250. The summed E-state index contributed by atoms with van der Waals surface area (Å²) in [4.78, 5) is 0. The van der Waals surface area contributed by atoms with E-state index in [1.807, 2.05) is 12.1 Å². The van der Waals surface area contributed by atoms with Crippen LogP contribution in [0, 0.1) is 19.9 Å². The van der Waals surface area contributed by atoms with E-state index in [4.69, 9.17) is 0 Å². The van der Waals surface area contributed by atoms with Crippen LogP contribution in [0.5, 0.6) is 0 Å². The molecule has 21 heavy (non-hydrogen) atoms. The van der Waals surface area contributed by atoms with Crippen LogP contribution in [-0.4, -0.2) is 13.0 Å². The third-order valence-electron chi connectivity index (χ3n) is 1.33. The second-order valence-electron chi connectivity index (χ2n) is 2.94. The second kappa shape index (κ2) is 20.2. The van der Waals surface area contributed by atoms with Gasteiger partial charge >= 0.3 is 21.1 Å². The number of rotatable bonds is 0. The Hall–Kier alpha value is 0.238. The minimum atomic E-state index is 0. The maximum absolute atomic E-state index is 4.66. The molecule has 116 valence electrons. The van der Waals surface area contributed by atoms with Gasteiger partial charge in [-0.3, -0.25) is 0 Å². The van der Waals surface area contributed by atoms with Gasteiger partial charge < -0.3 is 91.7 Å². The molecule has 0 atom stereocenters. The first-order valence-corrected chi connectivity index (χ1v) is 7.28. The van der Waals surface area contributed by atoms with E-state index in [9.17, 15) is 0 Å². The molecule has 0 unspecified atom stereocenters. The van der Waals surface area contributed by atoms with E-state index >= 15 is 0 Å². The third-order valence-corrected chi connectivity index (χ3v) is 1.33. The average Bonchev–Trinajstić information content (AvgIpc) is 2.20. The molecule has 0 saturated carbocycles. The van der Waals surface area contributed by atoms with Gasteiger partial charge in [-0.1, -0.05) is 26.8 Å². The van der Waals surface area contributed by atoms with Gasteiger partial charge in [0.15, 0.2) is 0 Å². The Morgan fingerprint density at radius 1 is 0.952 bits per heavy atom. The summed E-state index contributed by atoms with van der Waals surface area (Å²) in [5.74, 6) is 0. The number of benzene rings is 1. The van der Waals surface area contributed by atoms with Crippen molar-refractivity contribution < 1.29 is 21.1 Å². The Labute approximate surface area is 173 Å². The minimum absolute atomic E-state index is 0. The summed E-state index contributed by atoms with van der Waals surface area (Å²) in [6, 6.07) is 9.12. The van der Waals surface area contributed by atoms with Crippen molar-refractivity contribution in [2.75, 3.05) is 0 Å². The molecule has 0 aromatic heterocycles. The zero-order valence-corrected chi connectivity index (χ0v) is 18.2. The van der Waals surface area contributed by atoms with E-state index in [0.29, 0.717) is 0 Å². The van der Waals surface area contributed by atoms with Crippen LogP contribution in [0.25, 0.3) is 0 Å².